The zero-order valence-corrected chi connectivity index (χ0v) is 26.5. The Labute approximate surface area is 284 Å². The normalized spacial score (nSPS) is 11.3. The van der Waals surface area contributed by atoms with Crippen LogP contribution in [0.5, 0.6) is 0 Å². The predicted octanol–water partition coefficient (Wildman–Crippen LogP) is 11.8. The van der Waals surface area contributed by atoms with Crippen LogP contribution in [-0.4, -0.2) is 15.4 Å². The van der Waals surface area contributed by atoms with Gasteiger partial charge in [0.05, 0.1) is 0 Å². The fourth-order valence-electron chi connectivity index (χ4n) is 7.00. The van der Waals surface area contributed by atoms with Crippen molar-refractivity contribution in [3.63, 3.8) is 0 Å². The molecular formula is C45H29N3O. The van der Waals surface area contributed by atoms with E-state index in [0.29, 0.717) is 0 Å². The van der Waals surface area contributed by atoms with Crippen molar-refractivity contribution in [2.45, 2.75) is 0 Å². The van der Waals surface area contributed by atoms with Crippen LogP contribution in [-0.2, 0) is 0 Å². The first kappa shape index (κ1) is 28.6. The van der Waals surface area contributed by atoms with Crippen LogP contribution in [0.2, 0.25) is 0 Å². The van der Waals surface area contributed by atoms with E-state index in [1.54, 1.807) is 0 Å². The van der Waals surface area contributed by atoms with Crippen LogP contribution in [0.25, 0.3) is 89.0 Å². The molecule has 7 aromatic carbocycles. The Hall–Kier alpha value is -6.65. The molecule has 0 saturated heterocycles. The van der Waals surface area contributed by atoms with Gasteiger partial charge in [0.1, 0.15) is 22.6 Å². The van der Waals surface area contributed by atoms with Crippen LogP contribution in [0.15, 0.2) is 180 Å². The number of hydrogen-bond acceptors (Lipinski definition) is 4. The third-order valence-corrected chi connectivity index (χ3v) is 9.17. The average Bonchev–Trinajstić information content (AvgIpc) is 3.57. The van der Waals surface area contributed by atoms with Gasteiger partial charge in [0.15, 0.2) is 0 Å². The molecule has 2 heterocycles. The van der Waals surface area contributed by atoms with Crippen molar-refractivity contribution >= 4 is 21.9 Å². The summed E-state index contributed by atoms with van der Waals surface area (Å²) >= 11 is 0. The summed E-state index contributed by atoms with van der Waals surface area (Å²) in [4.78, 5) is 0. The van der Waals surface area contributed by atoms with Crippen LogP contribution < -0.4 is 0 Å². The van der Waals surface area contributed by atoms with Crippen molar-refractivity contribution in [3.8, 4) is 67.0 Å². The second-order valence-corrected chi connectivity index (χ2v) is 12.0. The number of rotatable bonds is 6. The highest BCUT2D eigenvalue weighted by Crippen LogP contribution is 2.49. The molecule has 0 aliphatic rings. The molecule has 0 bridgehead atoms. The fraction of sp³-hybridized carbons (Fsp3) is 0. The molecule has 0 saturated carbocycles. The van der Waals surface area contributed by atoms with Gasteiger partial charge in [-0.15, -0.1) is 10.2 Å². The first-order valence-electron chi connectivity index (χ1n) is 16.4. The van der Waals surface area contributed by atoms with Crippen LogP contribution in [0.4, 0.5) is 0 Å². The first-order valence-corrected chi connectivity index (χ1v) is 16.4. The quantitative estimate of drug-likeness (QED) is 0.184. The number of benzene rings is 7. The van der Waals surface area contributed by atoms with Gasteiger partial charge in [0, 0.05) is 27.5 Å². The Bertz CT molecular complexity index is 2590. The van der Waals surface area contributed by atoms with E-state index in [2.05, 4.69) is 145 Å². The fourth-order valence-corrected chi connectivity index (χ4v) is 7.00. The van der Waals surface area contributed by atoms with E-state index in [-0.39, 0.29) is 0 Å². The molecule has 9 rings (SSSR count). The lowest BCUT2D eigenvalue weighted by Gasteiger charge is -2.20. The lowest BCUT2D eigenvalue weighted by atomic mass is 9.84. The highest BCUT2D eigenvalue weighted by Gasteiger charge is 2.27. The van der Waals surface area contributed by atoms with Gasteiger partial charge >= 0.3 is 0 Å². The summed E-state index contributed by atoms with van der Waals surface area (Å²) in [6.07, 6.45) is 0. The van der Waals surface area contributed by atoms with Gasteiger partial charge in [-0.3, -0.25) is 0 Å². The molecule has 2 aromatic heterocycles. The molecule has 0 atom stereocenters. The van der Waals surface area contributed by atoms with Gasteiger partial charge < -0.3 is 4.42 Å². The molecule has 0 aliphatic carbocycles. The van der Waals surface area contributed by atoms with E-state index < -0.39 is 0 Å². The smallest absolute Gasteiger partial charge is 0.136 e. The molecule has 9 aromatic rings. The standard InChI is InChI=1S/C45H29N3O/c1-4-16-30(17-5-1)33-22-10-12-24-35(33)37-28-29-40-41(38-26-14-15-27-39(38)49-40)42(37)45-43(44(46-48-47-45)32-20-8-3-9-21-32)36-25-13-11-23-34(36)31-18-6-2-7-19-31/h1-29H. The average molecular weight is 628 g/mol. The van der Waals surface area contributed by atoms with Gasteiger partial charge in [-0.25, -0.2) is 0 Å². The molecule has 0 unspecified atom stereocenters. The zero-order valence-electron chi connectivity index (χ0n) is 26.5. The maximum atomic E-state index is 6.51. The van der Waals surface area contributed by atoms with Crippen LogP contribution in [0.1, 0.15) is 0 Å². The molecule has 4 heteroatoms. The lowest BCUT2D eigenvalue weighted by Crippen LogP contribution is -2.02. The summed E-state index contributed by atoms with van der Waals surface area (Å²) in [6.45, 7) is 0. The Kier molecular flexibility index (Phi) is 7.10. The number of nitrogens with zero attached hydrogens (tertiary/aromatic N) is 3. The molecule has 0 fully saturated rings. The molecule has 0 radical (unpaired) electrons. The van der Waals surface area contributed by atoms with E-state index in [9.17, 15) is 0 Å². The van der Waals surface area contributed by atoms with Crippen molar-refractivity contribution in [1.82, 2.24) is 15.4 Å². The van der Waals surface area contributed by atoms with E-state index in [4.69, 9.17) is 14.6 Å². The SMILES string of the molecule is c1ccc(-c2ccccc2-c2ccc3oc4ccccc4c3c2-c2nnnc(-c3ccccc3)c2-c2ccccc2-c2ccccc2)cc1. The molecule has 0 spiro atoms. The van der Waals surface area contributed by atoms with Gasteiger partial charge in [0.25, 0.3) is 0 Å². The van der Waals surface area contributed by atoms with Crippen LogP contribution in [0, 0.1) is 0 Å². The monoisotopic (exact) mass is 627 g/mol. The molecule has 0 amide bonds. The maximum absolute atomic E-state index is 6.51. The van der Waals surface area contributed by atoms with Gasteiger partial charge in [-0.05, 0) is 62.4 Å². The highest BCUT2D eigenvalue weighted by atomic mass is 16.3. The molecule has 4 nitrogen and oxygen atoms in total. The van der Waals surface area contributed by atoms with E-state index >= 15 is 0 Å². The first-order chi connectivity index (χ1) is 24.3. The molecule has 0 N–H and O–H groups in total. The summed E-state index contributed by atoms with van der Waals surface area (Å²) in [7, 11) is 0. The zero-order chi connectivity index (χ0) is 32.6. The predicted molar refractivity (Wildman–Crippen MR) is 200 cm³/mol. The van der Waals surface area contributed by atoms with Crippen molar-refractivity contribution in [2.75, 3.05) is 0 Å². The lowest BCUT2D eigenvalue weighted by molar-refractivity contribution is 0.669. The van der Waals surface area contributed by atoms with E-state index in [0.717, 1.165) is 89.0 Å². The molecule has 230 valence electrons. The van der Waals surface area contributed by atoms with Crippen LogP contribution in [0.3, 0.4) is 0 Å². The van der Waals surface area contributed by atoms with Crippen molar-refractivity contribution in [3.05, 3.63) is 176 Å². The summed E-state index contributed by atoms with van der Waals surface area (Å²) in [6, 6.07) is 60.8. The van der Waals surface area contributed by atoms with Crippen LogP contribution >= 0.6 is 0 Å². The number of para-hydroxylation sites is 1. The summed E-state index contributed by atoms with van der Waals surface area (Å²) < 4.78 is 6.51. The number of fused-ring (bicyclic) bond motifs is 3. The van der Waals surface area contributed by atoms with Gasteiger partial charge in [0.2, 0.25) is 0 Å². The summed E-state index contributed by atoms with van der Waals surface area (Å²) in [5.74, 6) is 0. The molecular weight excluding hydrogens is 599 g/mol. The van der Waals surface area contributed by atoms with Crippen molar-refractivity contribution in [2.24, 2.45) is 0 Å². The number of furan rings is 1. The number of hydrogen-bond donors (Lipinski definition) is 0. The van der Waals surface area contributed by atoms with E-state index in [1.807, 2.05) is 36.4 Å². The van der Waals surface area contributed by atoms with E-state index in [1.165, 1.54) is 0 Å². The summed E-state index contributed by atoms with van der Waals surface area (Å²) in [5, 5.41) is 16.2. The van der Waals surface area contributed by atoms with Gasteiger partial charge in [-0.1, -0.05) is 158 Å². The second kappa shape index (κ2) is 12.2. The van der Waals surface area contributed by atoms with Crippen molar-refractivity contribution in [1.29, 1.82) is 0 Å². The minimum atomic E-state index is 0.743. The van der Waals surface area contributed by atoms with Gasteiger partial charge in [-0.2, -0.15) is 0 Å². The highest BCUT2D eigenvalue weighted by molar-refractivity contribution is 6.18. The van der Waals surface area contributed by atoms with Crippen molar-refractivity contribution < 1.29 is 4.42 Å². The molecule has 0 aliphatic heterocycles. The largest absolute Gasteiger partial charge is 0.456 e. The topological polar surface area (TPSA) is 51.8 Å². The minimum Gasteiger partial charge on any atom is -0.456 e. The third kappa shape index (κ3) is 4.98. The third-order valence-electron chi connectivity index (χ3n) is 9.17. The second-order valence-electron chi connectivity index (χ2n) is 12.0. The Morgan fingerprint density at radius 3 is 1.51 bits per heavy atom. The molecule has 49 heavy (non-hydrogen) atoms. The number of aromatic nitrogens is 3. The maximum Gasteiger partial charge on any atom is 0.136 e. The Balaban J connectivity index is 1.45. The minimum absolute atomic E-state index is 0.743. The Morgan fingerprint density at radius 2 is 0.837 bits per heavy atom. The Morgan fingerprint density at radius 1 is 0.327 bits per heavy atom. The summed E-state index contributed by atoms with van der Waals surface area (Å²) in [5.41, 5.74) is 13.6.